The van der Waals surface area contributed by atoms with Crippen molar-refractivity contribution in [2.75, 3.05) is 13.1 Å². The molecule has 10 nitrogen and oxygen atoms in total. The van der Waals surface area contributed by atoms with E-state index in [2.05, 4.69) is 41.2 Å². The number of rotatable bonds is 6. The number of hydrogen-bond donors (Lipinski definition) is 4. The Bertz CT molecular complexity index is 957. The predicted molar refractivity (Wildman–Crippen MR) is 134 cm³/mol. The molecule has 10 heteroatoms. The van der Waals surface area contributed by atoms with Gasteiger partial charge in [0.25, 0.3) is 0 Å². The van der Waals surface area contributed by atoms with E-state index < -0.39 is 35.1 Å². The molecular weight excluding hydrogens is 460 g/mol. The fourth-order valence-corrected chi connectivity index (χ4v) is 5.69. The van der Waals surface area contributed by atoms with Gasteiger partial charge >= 0.3 is 6.03 Å². The minimum atomic E-state index is -0.843. The molecule has 0 aromatic heterocycles. The van der Waals surface area contributed by atoms with Crippen molar-refractivity contribution in [3.05, 3.63) is 0 Å². The van der Waals surface area contributed by atoms with E-state index in [0.29, 0.717) is 19.5 Å². The van der Waals surface area contributed by atoms with Crippen LogP contribution in [0.4, 0.5) is 4.79 Å². The van der Waals surface area contributed by atoms with E-state index in [9.17, 15) is 24.4 Å². The molecule has 2 aliphatic heterocycles. The Labute approximate surface area is 214 Å². The van der Waals surface area contributed by atoms with E-state index in [-0.39, 0.29) is 47.3 Å². The lowest BCUT2D eigenvalue weighted by Gasteiger charge is -2.38. The maximum absolute atomic E-state index is 13.8. The van der Waals surface area contributed by atoms with Crippen molar-refractivity contribution < 1.29 is 19.2 Å². The molecular formula is C26H42N6O4. The van der Waals surface area contributed by atoms with E-state index in [1.807, 2.05) is 41.5 Å². The maximum atomic E-state index is 13.8. The molecule has 6 atom stereocenters. The van der Waals surface area contributed by atoms with Gasteiger partial charge < -0.3 is 26.2 Å². The largest absolute Gasteiger partial charge is 0.356 e. The Kier molecular flexibility index (Phi) is 7.37. The molecule has 0 aromatic rings. The van der Waals surface area contributed by atoms with E-state index in [0.717, 1.165) is 0 Å². The molecule has 0 unspecified atom stereocenters. The first-order chi connectivity index (χ1) is 16.5. The highest BCUT2D eigenvalue weighted by Crippen LogP contribution is 2.65. The summed E-state index contributed by atoms with van der Waals surface area (Å²) in [6.45, 7) is 16.4. The highest BCUT2D eigenvalue weighted by Gasteiger charge is 2.69. The quantitative estimate of drug-likeness (QED) is 0.435. The van der Waals surface area contributed by atoms with Gasteiger partial charge in [0.1, 0.15) is 18.1 Å². The Morgan fingerprint density at radius 2 is 1.81 bits per heavy atom. The van der Waals surface area contributed by atoms with Crippen molar-refractivity contribution in [2.45, 2.75) is 91.9 Å². The number of piperidine rings is 1. The second kappa shape index (κ2) is 9.56. The Balaban J connectivity index is 1.79. The lowest BCUT2D eigenvalue weighted by atomic mass is 9.85. The summed E-state index contributed by atoms with van der Waals surface area (Å²) in [5.74, 6) is -0.950. The van der Waals surface area contributed by atoms with Crippen LogP contribution in [0, 0.1) is 39.9 Å². The van der Waals surface area contributed by atoms with Gasteiger partial charge in [-0.1, -0.05) is 34.6 Å². The third-order valence-corrected chi connectivity index (χ3v) is 7.79. The van der Waals surface area contributed by atoms with E-state index in [1.54, 1.807) is 4.90 Å². The van der Waals surface area contributed by atoms with Crippen LogP contribution in [0.25, 0.3) is 0 Å². The lowest BCUT2D eigenvalue weighted by Crippen LogP contribution is -2.61. The van der Waals surface area contributed by atoms with Crippen molar-refractivity contribution >= 4 is 23.8 Å². The minimum absolute atomic E-state index is 0.0282. The summed E-state index contributed by atoms with van der Waals surface area (Å²) >= 11 is 0. The van der Waals surface area contributed by atoms with Crippen molar-refractivity contribution in [3.63, 3.8) is 0 Å². The summed E-state index contributed by atoms with van der Waals surface area (Å²) in [6.07, 6.45) is 0.875. The number of urea groups is 1. The number of nitrogens with one attached hydrogen (secondary N) is 4. The van der Waals surface area contributed by atoms with Crippen LogP contribution in [0.1, 0.15) is 68.2 Å². The van der Waals surface area contributed by atoms with Crippen LogP contribution in [-0.2, 0) is 14.4 Å². The van der Waals surface area contributed by atoms with Gasteiger partial charge in [0.15, 0.2) is 0 Å². The standard InChI is InChI=1S/C26H42N6O4/c1-24(2,3)19(30-23(36)31-25(4,5)6)22(35)32-13-16-17(26(16,7)8)18(32)21(34)29-15(12-27)11-14-9-10-28-20(14)33/h14-19H,9-11,13H2,1-8H3,(H,28,33)(H,29,34)(H2,30,31,36)/t14-,15-,16-,17-,18-,19+/m0/s1. The second-order valence-corrected chi connectivity index (χ2v) is 13.2. The number of carbonyl (C=O) groups excluding carboxylic acids is 4. The number of amides is 5. The first kappa shape index (κ1) is 27.8. The molecule has 5 amide bonds. The first-order valence-corrected chi connectivity index (χ1v) is 12.8. The van der Waals surface area contributed by atoms with Gasteiger partial charge in [-0.25, -0.2) is 4.79 Å². The van der Waals surface area contributed by atoms with E-state index >= 15 is 0 Å². The minimum Gasteiger partial charge on any atom is -0.356 e. The maximum Gasteiger partial charge on any atom is 0.315 e. The molecule has 1 aliphatic carbocycles. The van der Waals surface area contributed by atoms with Crippen LogP contribution in [0.5, 0.6) is 0 Å². The van der Waals surface area contributed by atoms with Crippen LogP contribution in [-0.4, -0.2) is 65.4 Å². The van der Waals surface area contributed by atoms with Gasteiger partial charge in [-0.2, -0.15) is 5.26 Å². The van der Waals surface area contributed by atoms with Gasteiger partial charge in [-0.3, -0.25) is 14.4 Å². The Morgan fingerprint density at radius 1 is 1.17 bits per heavy atom. The van der Waals surface area contributed by atoms with Gasteiger partial charge in [-0.05, 0) is 56.3 Å². The molecule has 0 spiro atoms. The Morgan fingerprint density at radius 3 is 2.31 bits per heavy atom. The monoisotopic (exact) mass is 502 g/mol. The van der Waals surface area contributed by atoms with Crippen molar-refractivity contribution in [1.29, 1.82) is 5.26 Å². The van der Waals surface area contributed by atoms with Crippen LogP contribution >= 0.6 is 0 Å². The second-order valence-electron chi connectivity index (χ2n) is 13.2. The molecule has 4 N–H and O–H groups in total. The van der Waals surface area contributed by atoms with Crippen LogP contribution < -0.4 is 21.3 Å². The summed E-state index contributed by atoms with van der Waals surface area (Å²) in [7, 11) is 0. The van der Waals surface area contributed by atoms with Gasteiger partial charge in [0, 0.05) is 24.5 Å². The van der Waals surface area contributed by atoms with Crippen molar-refractivity contribution in [1.82, 2.24) is 26.2 Å². The SMILES string of the molecule is CC(C)(C)NC(=O)N[C@H](C(=O)N1C[C@H]2[C@@H]([C@H]1C(=O)N[C@H](C#N)C[C@@H]1CCNC1=O)C2(C)C)C(C)(C)C. The molecule has 2 heterocycles. The predicted octanol–water partition coefficient (Wildman–Crippen LogP) is 1.52. The van der Waals surface area contributed by atoms with Gasteiger partial charge in [-0.15, -0.1) is 0 Å². The van der Waals surface area contributed by atoms with Crippen molar-refractivity contribution in [2.24, 2.45) is 28.6 Å². The molecule has 0 radical (unpaired) electrons. The molecule has 200 valence electrons. The number of fused-ring (bicyclic) bond motifs is 1. The number of carbonyl (C=O) groups is 4. The van der Waals surface area contributed by atoms with Crippen LogP contribution in [0.3, 0.4) is 0 Å². The normalized spacial score (nSPS) is 28.3. The highest BCUT2D eigenvalue weighted by atomic mass is 16.2. The molecule has 0 bridgehead atoms. The Hall–Kier alpha value is -2.83. The molecule has 0 aromatic carbocycles. The number of nitriles is 1. The summed E-state index contributed by atoms with van der Waals surface area (Å²) in [4.78, 5) is 53.6. The number of hydrogen-bond acceptors (Lipinski definition) is 5. The summed E-state index contributed by atoms with van der Waals surface area (Å²) in [5.41, 5.74) is -1.17. The third-order valence-electron chi connectivity index (χ3n) is 7.79. The molecule has 1 saturated carbocycles. The zero-order valence-electron chi connectivity index (χ0n) is 22.8. The fourth-order valence-electron chi connectivity index (χ4n) is 5.69. The first-order valence-electron chi connectivity index (χ1n) is 12.8. The zero-order valence-corrected chi connectivity index (χ0v) is 22.8. The molecule has 3 aliphatic rings. The average Bonchev–Trinajstić information content (AvgIpc) is 3.08. The van der Waals surface area contributed by atoms with Crippen LogP contribution in [0.15, 0.2) is 0 Å². The summed E-state index contributed by atoms with van der Waals surface area (Å²) in [6, 6.07) is -0.730. The smallest absolute Gasteiger partial charge is 0.315 e. The number of likely N-dealkylation sites (tertiary alicyclic amines) is 1. The lowest BCUT2D eigenvalue weighted by molar-refractivity contribution is -0.143. The summed E-state index contributed by atoms with van der Waals surface area (Å²) < 4.78 is 0. The average molecular weight is 503 g/mol. The molecule has 36 heavy (non-hydrogen) atoms. The number of nitrogens with zero attached hydrogens (tertiary/aromatic N) is 2. The molecule has 3 fully saturated rings. The topological polar surface area (TPSA) is 143 Å². The summed E-state index contributed by atoms with van der Waals surface area (Å²) in [5, 5.41) is 20.9. The molecule has 2 saturated heterocycles. The zero-order chi connectivity index (χ0) is 27.2. The van der Waals surface area contributed by atoms with Gasteiger partial charge in [0.05, 0.1) is 6.07 Å². The third kappa shape index (κ3) is 5.76. The molecule has 3 rings (SSSR count). The fraction of sp³-hybridized carbons (Fsp3) is 0.808. The van der Waals surface area contributed by atoms with E-state index in [1.165, 1.54) is 0 Å². The van der Waals surface area contributed by atoms with Gasteiger partial charge in [0.2, 0.25) is 17.7 Å². The van der Waals surface area contributed by atoms with Crippen LogP contribution in [0.2, 0.25) is 0 Å². The van der Waals surface area contributed by atoms with E-state index in [4.69, 9.17) is 0 Å². The van der Waals surface area contributed by atoms with Crippen molar-refractivity contribution in [3.8, 4) is 6.07 Å². The highest BCUT2D eigenvalue weighted by molar-refractivity contribution is 5.94.